The fourth-order valence-corrected chi connectivity index (χ4v) is 5.14. The average Bonchev–Trinajstić information content (AvgIpc) is 3.15. The molecule has 0 aromatic heterocycles. The van der Waals surface area contributed by atoms with Gasteiger partial charge in [0.2, 0.25) is 5.91 Å². The first-order valence-electron chi connectivity index (χ1n) is 8.38. The molecule has 26 heavy (non-hydrogen) atoms. The zero-order chi connectivity index (χ0) is 18.1. The molecule has 1 N–H and O–H groups in total. The molecule has 134 valence electrons. The van der Waals surface area contributed by atoms with Gasteiger partial charge < -0.3 is 10.1 Å². The maximum atomic E-state index is 12.9. The van der Waals surface area contributed by atoms with Crippen LogP contribution < -0.4 is 15.0 Å². The number of rotatable bonds is 5. The van der Waals surface area contributed by atoms with Crippen LogP contribution in [0.4, 0.5) is 5.69 Å². The fourth-order valence-electron chi connectivity index (χ4n) is 3.33. The number of amides is 2. The van der Waals surface area contributed by atoms with Gasteiger partial charge >= 0.3 is 0 Å². The highest BCUT2D eigenvalue weighted by atomic mass is 79.9. The van der Waals surface area contributed by atoms with Gasteiger partial charge in [-0.05, 0) is 36.8 Å². The number of anilines is 1. The second-order valence-electron chi connectivity index (χ2n) is 6.15. The monoisotopic (exact) mass is 432 g/mol. The van der Waals surface area contributed by atoms with Crippen molar-refractivity contribution in [1.82, 2.24) is 5.32 Å². The summed E-state index contributed by atoms with van der Waals surface area (Å²) in [6, 6.07) is 15.2. The van der Waals surface area contributed by atoms with Crippen LogP contribution in [0.2, 0.25) is 0 Å². The third-order valence-electron chi connectivity index (χ3n) is 4.48. The van der Waals surface area contributed by atoms with Crippen molar-refractivity contribution in [2.24, 2.45) is 0 Å². The molecule has 2 aliphatic heterocycles. The molecule has 0 spiro atoms. The minimum Gasteiger partial charge on any atom is -0.492 e. The molecule has 1 atom stereocenters. The lowest BCUT2D eigenvalue weighted by molar-refractivity contribution is -0.124. The lowest BCUT2D eigenvalue weighted by Gasteiger charge is -2.29. The van der Waals surface area contributed by atoms with Crippen LogP contribution >= 0.6 is 27.7 Å². The predicted molar refractivity (Wildman–Crippen MR) is 104 cm³/mol. The summed E-state index contributed by atoms with van der Waals surface area (Å²) in [7, 11) is 0. The van der Waals surface area contributed by atoms with E-state index in [0.29, 0.717) is 26.0 Å². The number of thioether (sulfide) groups is 1. The Labute approximate surface area is 164 Å². The summed E-state index contributed by atoms with van der Waals surface area (Å²) >= 11 is 4.87. The largest absolute Gasteiger partial charge is 0.492 e. The lowest BCUT2D eigenvalue weighted by atomic mass is 10.2. The van der Waals surface area contributed by atoms with Gasteiger partial charge in [0.1, 0.15) is 12.4 Å². The van der Waals surface area contributed by atoms with Gasteiger partial charge in [0.05, 0.1) is 12.2 Å². The number of hydrogen-bond acceptors (Lipinski definition) is 4. The highest BCUT2D eigenvalue weighted by Crippen LogP contribution is 2.55. The molecular weight excluding hydrogens is 416 g/mol. The lowest BCUT2D eigenvalue weighted by Crippen LogP contribution is -2.53. The molecular formula is C19H17BrN2O3S. The molecule has 0 radical (unpaired) electrons. The van der Waals surface area contributed by atoms with Crippen molar-refractivity contribution in [3.8, 4) is 5.75 Å². The van der Waals surface area contributed by atoms with Gasteiger partial charge in [0.25, 0.3) is 5.91 Å². The van der Waals surface area contributed by atoms with Crippen LogP contribution in [0.5, 0.6) is 5.75 Å². The first kappa shape index (κ1) is 17.4. The molecule has 5 nitrogen and oxygen atoms in total. The van der Waals surface area contributed by atoms with Crippen molar-refractivity contribution >= 4 is 45.2 Å². The number of hydrogen-bond donors (Lipinski definition) is 1. The Hall–Kier alpha value is -1.99. The Balaban J connectivity index is 1.41. The van der Waals surface area contributed by atoms with Crippen LogP contribution in [0.3, 0.4) is 0 Å². The topological polar surface area (TPSA) is 58.6 Å². The van der Waals surface area contributed by atoms with Gasteiger partial charge in [-0.15, -0.1) is 0 Å². The number of benzene rings is 2. The Morgan fingerprint density at radius 1 is 1.27 bits per heavy atom. The summed E-state index contributed by atoms with van der Waals surface area (Å²) < 4.78 is 6.60. The van der Waals surface area contributed by atoms with E-state index >= 15 is 0 Å². The van der Waals surface area contributed by atoms with Gasteiger partial charge in [-0.1, -0.05) is 45.9 Å². The zero-order valence-corrected chi connectivity index (χ0v) is 16.3. The Kier molecular flexibility index (Phi) is 4.67. The molecule has 7 heteroatoms. The summed E-state index contributed by atoms with van der Waals surface area (Å²) in [5, 5.41) is 2.94. The van der Waals surface area contributed by atoms with E-state index in [4.69, 9.17) is 4.74 Å². The van der Waals surface area contributed by atoms with Gasteiger partial charge in [-0.2, -0.15) is 0 Å². The fraction of sp³-hybridized carbons (Fsp3) is 0.263. The second-order valence-corrected chi connectivity index (χ2v) is 8.38. The van der Waals surface area contributed by atoms with Gasteiger partial charge in [0.15, 0.2) is 4.87 Å². The molecule has 1 fully saturated rings. The third-order valence-corrected chi connectivity index (χ3v) is 6.45. The van der Waals surface area contributed by atoms with Gasteiger partial charge in [-0.3, -0.25) is 14.5 Å². The van der Waals surface area contributed by atoms with E-state index in [1.54, 1.807) is 4.90 Å². The number of carbonyl (C=O) groups excluding carboxylic acids is 2. The van der Waals surface area contributed by atoms with E-state index in [9.17, 15) is 9.59 Å². The van der Waals surface area contributed by atoms with E-state index in [1.807, 2.05) is 48.5 Å². The van der Waals surface area contributed by atoms with Gasteiger partial charge in [-0.25, -0.2) is 0 Å². The van der Waals surface area contributed by atoms with E-state index in [2.05, 4.69) is 21.2 Å². The van der Waals surface area contributed by atoms with E-state index in [-0.39, 0.29) is 11.8 Å². The summed E-state index contributed by atoms with van der Waals surface area (Å²) in [6.45, 7) is 0.746. The SMILES string of the molecule is O=C1CCC2(C(=O)NCCOc3cccc(Br)c3)Sc3ccccc3N12. The third kappa shape index (κ3) is 2.99. The molecule has 0 saturated carbocycles. The molecule has 2 aliphatic rings. The molecule has 2 amide bonds. The number of fused-ring (bicyclic) bond motifs is 3. The number of halogens is 1. The summed E-state index contributed by atoms with van der Waals surface area (Å²) in [6.07, 6.45) is 0.910. The van der Waals surface area contributed by atoms with Gasteiger partial charge in [0, 0.05) is 15.8 Å². The van der Waals surface area contributed by atoms with Crippen LogP contribution in [0, 0.1) is 0 Å². The second kappa shape index (κ2) is 6.96. The van der Waals surface area contributed by atoms with Crippen LogP contribution in [0.25, 0.3) is 0 Å². The maximum Gasteiger partial charge on any atom is 0.257 e. The highest BCUT2D eigenvalue weighted by molar-refractivity contribution is 9.10. The predicted octanol–water partition coefficient (Wildman–Crippen LogP) is 3.57. The first-order valence-corrected chi connectivity index (χ1v) is 9.99. The molecule has 4 rings (SSSR count). The van der Waals surface area contributed by atoms with Crippen molar-refractivity contribution in [2.75, 3.05) is 18.1 Å². The average molecular weight is 433 g/mol. The Morgan fingerprint density at radius 2 is 2.12 bits per heavy atom. The van der Waals surface area contributed by atoms with Crippen molar-refractivity contribution < 1.29 is 14.3 Å². The summed E-state index contributed by atoms with van der Waals surface area (Å²) in [4.78, 5) is 27.1. The molecule has 2 heterocycles. The number of para-hydroxylation sites is 1. The van der Waals surface area contributed by atoms with Crippen LogP contribution in [-0.4, -0.2) is 29.8 Å². The quantitative estimate of drug-likeness (QED) is 0.733. The standard InChI is InChI=1S/C19H17BrN2O3S/c20-13-4-3-5-14(12-13)25-11-10-21-18(24)19-9-8-17(23)22(19)15-6-1-2-7-16(15)26-19/h1-7,12H,8-11H2,(H,21,24). The Bertz CT molecular complexity index is 875. The molecule has 1 unspecified atom stereocenters. The first-order chi connectivity index (χ1) is 12.6. The van der Waals surface area contributed by atoms with Crippen molar-refractivity contribution in [1.29, 1.82) is 0 Å². The summed E-state index contributed by atoms with van der Waals surface area (Å²) in [5.41, 5.74) is 0.834. The number of nitrogens with zero attached hydrogens (tertiary/aromatic N) is 1. The Morgan fingerprint density at radius 3 is 2.96 bits per heavy atom. The minimum atomic E-state index is -0.865. The molecule has 1 saturated heterocycles. The number of nitrogens with one attached hydrogen (secondary N) is 1. The van der Waals surface area contributed by atoms with Crippen molar-refractivity contribution in [2.45, 2.75) is 22.6 Å². The zero-order valence-electron chi connectivity index (χ0n) is 13.9. The molecule has 0 bridgehead atoms. The van der Waals surface area contributed by atoms with Crippen LogP contribution in [0.1, 0.15) is 12.8 Å². The minimum absolute atomic E-state index is 0.00276. The molecule has 2 aromatic rings. The van der Waals surface area contributed by atoms with Crippen molar-refractivity contribution in [3.63, 3.8) is 0 Å². The van der Waals surface area contributed by atoms with E-state index in [0.717, 1.165) is 20.8 Å². The molecule has 2 aromatic carbocycles. The maximum absolute atomic E-state index is 12.9. The number of ether oxygens (including phenoxy) is 1. The summed E-state index contributed by atoms with van der Waals surface area (Å²) in [5.74, 6) is 0.609. The molecule has 0 aliphatic carbocycles. The van der Waals surface area contributed by atoms with Crippen LogP contribution in [-0.2, 0) is 9.59 Å². The number of carbonyl (C=O) groups is 2. The normalized spacial score (nSPS) is 20.7. The van der Waals surface area contributed by atoms with E-state index in [1.165, 1.54) is 11.8 Å². The highest BCUT2D eigenvalue weighted by Gasteiger charge is 2.57. The van der Waals surface area contributed by atoms with Crippen LogP contribution in [0.15, 0.2) is 57.9 Å². The smallest absolute Gasteiger partial charge is 0.257 e. The van der Waals surface area contributed by atoms with Crippen molar-refractivity contribution in [3.05, 3.63) is 53.0 Å². The van der Waals surface area contributed by atoms with E-state index < -0.39 is 4.87 Å².